The number of rotatable bonds is 3. The molecule has 0 saturated carbocycles. The van der Waals surface area contributed by atoms with Crippen LogP contribution in [0.5, 0.6) is 0 Å². The lowest BCUT2D eigenvalue weighted by atomic mass is 10.2. The average Bonchev–Trinajstić information content (AvgIpc) is 2.86. The number of hydrogen-bond acceptors (Lipinski definition) is 2. The Bertz CT molecular complexity index is 904. The Balaban J connectivity index is 2.33. The van der Waals surface area contributed by atoms with Crippen molar-refractivity contribution in [3.05, 3.63) is 53.8 Å². The maximum atomic E-state index is 13.5. The number of aliphatic carboxylic acids is 1. The lowest BCUT2D eigenvalue weighted by molar-refractivity contribution is -0.140. The van der Waals surface area contributed by atoms with E-state index in [0.717, 1.165) is 12.1 Å². The Kier molecular flexibility index (Phi) is 3.55. The third-order valence-electron chi connectivity index (χ3n) is 3.58. The number of imidazole rings is 1. The van der Waals surface area contributed by atoms with E-state index >= 15 is 0 Å². The molecule has 2 aromatic carbocycles. The highest BCUT2D eigenvalue weighted by atomic mass is 19.2. The van der Waals surface area contributed by atoms with Crippen molar-refractivity contribution in [2.75, 3.05) is 0 Å². The van der Waals surface area contributed by atoms with Crippen molar-refractivity contribution in [3.63, 3.8) is 0 Å². The molecule has 0 aliphatic rings. The summed E-state index contributed by atoms with van der Waals surface area (Å²) in [6, 6.07) is 6.00. The molecule has 0 bridgehead atoms. The molecule has 1 unspecified atom stereocenters. The number of nitrogens with zero attached hydrogens (tertiary/aromatic N) is 2. The van der Waals surface area contributed by atoms with Crippen LogP contribution in [-0.4, -0.2) is 20.6 Å². The molecule has 23 heavy (non-hydrogen) atoms. The lowest BCUT2D eigenvalue weighted by Crippen LogP contribution is -2.16. The molecule has 0 spiro atoms. The van der Waals surface area contributed by atoms with E-state index in [0.29, 0.717) is 5.56 Å². The number of aromatic nitrogens is 2. The third kappa shape index (κ3) is 2.54. The number of hydrogen-bond donors (Lipinski definition) is 1. The highest BCUT2D eigenvalue weighted by Gasteiger charge is 2.23. The zero-order valence-corrected chi connectivity index (χ0v) is 11.9. The standard InChI is InChI=1S/C16H11F3N2O2/c1-8(16(22)23)21-14-7-12(19)11(18)6-13(14)20-15(21)9-2-4-10(17)5-3-9/h2-8H,1H3,(H,22,23). The topological polar surface area (TPSA) is 55.1 Å². The maximum Gasteiger partial charge on any atom is 0.326 e. The van der Waals surface area contributed by atoms with E-state index in [2.05, 4.69) is 4.98 Å². The van der Waals surface area contributed by atoms with Crippen molar-refractivity contribution in [2.24, 2.45) is 0 Å². The van der Waals surface area contributed by atoms with Crippen molar-refractivity contribution < 1.29 is 23.1 Å². The minimum atomic E-state index is -1.16. The second-order valence-electron chi connectivity index (χ2n) is 5.08. The largest absolute Gasteiger partial charge is 0.480 e. The molecule has 0 aliphatic carbocycles. The summed E-state index contributed by atoms with van der Waals surface area (Å²) in [5, 5.41) is 9.28. The molecular formula is C16H11F3N2O2. The van der Waals surface area contributed by atoms with Crippen LogP contribution in [-0.2, 0) is 4.79 Å². The molecule has 118 valence electrons. The van der Waals surface area contributed by atoms with Gasteiger partial charge in [-0.1, -0.05) is 0 Å². The van der Waals surface area contributed by atoms with Gasteiger partial charge in [-0.2, -0.15) is 0 Å². The van der Waals surface area contributed by atoms with Gasteiger partial charge in [0.1, 0.15) is 17.7 Å². The molecule has 0 aliphatic heterocycles. The van der Waals surface area contributed by atoms with Crippen LogP contribution < -0.4 is 0 Å². The minimum Gasteiger partial charge on any atom is -0.480 e. The van der Waals surface area contributed by atoms with Gasteiger partial charge in [0.2, 0.25) is 0 Å². The predicted molar refractivity (Wildman–Crippen MR) is 77.4 cm³/mol. The van der Waals surface area contributed by atoms with Gasteiger partial charge in [0.05, 0.1) is 11.0 Å². The van der Waals surface area contributed by atoms with Crippen molar-refractivity contribution in [3.8, 4) is 11.4 Å². The van der Waals surface area contributed by atoms with E-state index in [-0.39, 0.29) is 16.9 Å². The molecule has 0 radical (unpaired) electrons. The summed E-state index contributed by atoms with van der Waals surface area (Å²) in [5.74, 6) is -3.59. The van der Waals surface area contributed by atoms with Gasteiger partial charge < -0.3 is 9.67 Å². The van der Waals surface area contributed by atoms with Crippen molar-refractivity contribution >= 4 is 17.0 Å². The monoisotopic (exact) mass is 320 g/mol. The van der Waals surface area contributed by atoms with E-state index in [1.807, 2.05) is 0 Å². The van der Waals surface area contributed by atoms with E-state index in [1.54, 1.807) is 0 Å². The van der Waals surface area contributed by atoms with Crippen LogP contribution in [0.4, 0.5) is 13.2 Å². The summed E-state index contributed by atoms with van der Waals surface area (Å²) in [7, 11) is 0. The highest BCUT2D eigenvalue weighted by Crippen LogP contribution is 2.30. The maximum absolute atomic E-state index is 13.5. The normalized spacial score (nSPS) is 12.5. The molecule has 0 saturated heterocycles. The van der Waals surface area contributed by atoms with Crippen LogP contribution in [0.3, 0.4) is 0 Å². The van der Waals surface area contributed by atoms with Gasteiger partial charge in [-0.15, -0.1) is 0 Å². The van der Waals surface area contributed by atoms with Gasteiger partial charge in [-0.3, -0.25) is 0 Å². The number of fused-ring (bicyclic) bond motifs is 1. The zero-order valence-electron chi connectivity index (χ0n) is 11.9. The first-order chi connectivity index (χ1) is 10.9. The van der Waals surface area contributed by atoms with Gasteiger partial charge >= 0.3 is 5.97 Å². The molecule has 1 N–H and O–H groups in total. The molecule has 7 heteroatoms. The Labute approximate surface area is 128 Å². The molecule has 1 aromatic heterocycles. The van der Waals surface area contributed by atoms with E-state index in [1.165, 1.54) is 35.8 Å². The lowest BCUT2D eigenvalue weighted by Gasteiger charge is -2.13. The first kappa shape index (κ1) is 15.1. The summed E-state index contributed by atoms with van der Waals surface area (Å²) >= 11 is 0. The number of benzene rings is 2. The Morgan fingerprint density at radius 3 is 2.35 bits per heavy atom. The number of carboxylic acid groups (broad SMARTS) is 1. The fraction of sp³-hybridized carbons (Fsp3) is 0.125. The Morgan fingerprint density at radius 2 is 1.74 bits per heavy atom. The van der Waals surface area contributed by atoms with E-state index < -0.39 is 29.5 Å². The fourth-order valence-corrected chi connectivity index (χ4v) is 2.40. The molecule has 1 heterocycles. The molecule has 4 nitrogen and oxygen atoms in total. The van der Waals surface area contributed by atoms with E-state index in [9.17, 15) is 23.1 Å². The fourth-order valence-electron chi connectivity index (χ4n) is 2.40. The molecule has 1 atom stereocenters. The van der Waals surface area contributed by atoms with Crippen LogP contribution in [0.1, 0.15) is 13.0 Å². The molecule has 3 aromatic rings. The summed E-state index contributed by atoms with van der Waals surface area (Å²) in [6.07, 6.45) is 0. The SMILES string of the molecule is CC(C(=O)O)n1c(-c2ccc(F)cc2)nc2cc(F)c(F)cc21. The van der Waals surface area contributed by atoms with Crippen LogP contribution in [0.25, 0.3) is 22.4 Å². The minimum absolute atomic E-state index is 0.122. The van der Waals surface area contributed by atoms with Gasteiger partial charge in [0, 0.05) is 17.7 Å². The second kappa shape index (κ2) is 5.42. The number of halogens is 3. The summed E-state index contributed by atoms with van der Waals surface area (Å²) in [5.41, 5.74) is 0.714. The first-order valence-electron chi connectivity index (χ1n) is 6.74. The van der Waals surface area contributed by atoms with Gasteiger partial charge in [-0.05, 0) is 31.2 Å². The smallest absolute Gasteiger partial charge is 0.326 e. The molecule has 0 fully saturated rings. The van der Waals surface area contributed by atoms with Crippen LogP contribution in [0.2, 0.25) is 0 Å². The molecule has 3 rings (SSSR count). The van der Waals surface area contributed by atoms with Crippen molar-refractivity contribution in [1.82, 2.24) is 9.55 Å². The van der Waals surface area contributed by atoms with E-state index in [4.69, 9.17) is 0 Å². The van der Waals surface area contributed by atoms with Crippen molar-refractivity contribution in [2.45, 2.75) is 13.0 Å². The Hall–Kier alpha value is -2.83. The third-order valence-corrected chi connectivity index (χ3v) is 3.58. The summed E-state index contributed by atoms with van der Waals surface area (Å²) < 4.78 is 41.3. The van der Waals surface area contributed by atoms with Gasteiger partial charge in [-0.25, -0.2) is 22.9 Å². The summed E-state index contributed by atoms with van der Waals surface area (Å²) in [6.45, 7) is 1.40. The zero-order chi connectivity index (χ0) is 16.7. The quantitative estimate of drug-likeness (QED) is 0.799. The second-order valence-corrected chi connectivity index (χ2v) is 5.08. The van der Waals surface area contributed by atoms with Gasteiger partial charge in [0.25, 0.3) is 0 Å². The van der Waals surface area contributed by atoms with Crippen molar-refractivity contribution in [1.29, 1.82) is 0 Å². The van der Waals surface area contributed by atoms with Crippen LogP contribution in [0, 0.1) is 17.5 Å². The Morgan fingerprint density at radius 1 is 1.13 bits per heavy atom. The highest BCUT2D eigenvalue weighted by molar-refractivity contribution is 5.84. The van der Waals surface area contributed by atoms with Crippen LogP contribution in [0.15, 0.2) is 36.4 Å². The predicted octanol–water partition coefficient (Wildman–Crippen LogP) is 3.77. The van der Waals surface area contributed by atoms with Crippen LogP contribution >= 0.6 is 0 Å². The average molecular weight is 320 g/mol. The number of carbonyl (C=O) groups is 1. The molecular weight excluding hydrogens is 309 g/mol. The van der Waals surface area contributed by atoms with Gasteiger partial charge in [0.15, 0.2) is 11.6 Å². The molecule has 0 amide bonds. The number of carboxylic acids is 1. The summed E-state index contributed by atoms with van der Waals surface area (Å²) in [4.78, 5) is 15.5. The first-order valence-corrected chi connectivity index (χ1v) is 6.74.